The van der Waals surface area contributed by atoms with Gasteiger partial charge in [0.15, 0.2) is 5.82 Å². The average molecular weight is 184 g/mol. The predicted octanol–water partition coefficient (Wildman–Crippen LogP) is 1.45. The molecule has 0 bridgehead atoms. The molecule has 4 heteroatoms. The summed E-state index contributed by atoms with van der Waals surface area (Å²) in [4.78, 5) is 4.19. The fourth-order valence-electron chi connectivity index (χ4n) is 1.21. The summed E-state index contributed by atoms with van der Waals surface area (Å²) in [6.07, 6.45) is 4.89. The fourth-order valence-corrected chi connectivity index (χ4v) is 1.21. The first kappa shape index (κ1) is 8.45. The Bertz CT molecular complexity index is 493. The molecule has 0 amide bonds. The molecular weight excluding hydrogens is 176 g/mol. The third-order valence-electron chi connectivity index (χ3n) is 1.91. The Hall–Kier alpha value is -2.15. The van der Waals surface area contributed by atoms with E-state index in [1.807, 2.05) is 25.1 Å². The summed E-state index contributed by atoms with van der Waals surface area (Å²) >= 11 is 0. The lowest BCUT2D eigenvalue weighted by molar-refractivity contribution is 0.838. The number of aromatic nitrogens is 3. The molecular formula is C10H8N4. The highest BCUT2D eigenvalue weighted by atomic mass is 15.3. The molecule has 2 rings (SSSR count). The SMILES string of the molecule is Cc1cccnc1-n1cc(C#N)cn1. The molecule has 14 heavy (non-hydrogen) atoms. The van der Waals surface area contributed by atoms with Crippen molar-refractivity contribution in [3.63, 3.8) is 0 Å². The van der Waals surface area contributed by atoms with Crippen LogP contribution in [-0.2, 0) is 0 Å². The van der Waals surface area contributed by atoms with Gasteiger partial charge in [-0.05, 0) is 18.6 Å². The minimum atomic E-state index is 0.537. The van der Waals surface area contributed by atoms with E-state index in [4.69, 9.17) is 5.26 Å². The molecule has 68 valence electrons. The van der Waals surface area contributed by atoms with Crippen LogP contribution in [0.2, 0.25) is 0 Å². The van der Waals surface area contributed by atoms with Crippen LogP contribution in [0.15, 0.2) is 30.7 Å². The number of pyridine rings is 1. The Morgan fingerprint density at radius 2 is 2.36 bits per heavy atom. The van der Waals surface area contributed by atoms with Gasteiger partial charge >= 0.3 is 0 Å². The van der Waals surface area contributed by atoms with Crippen LogP contribution < -0.4 is 0 Å². The quantitative estimate of drug-likeness (QED) is 0.674. The molecule has 4 nitrogen and oxygen atoms in total. The average Bonchev–Trinajstić information content (AvgIpc) is 2.67. The maximum Gasteiger partial charge on any atom is 0.156 e. The highest BCUT2D eigenvalue weighted by Gasteiger charge is 2.03. The molecule has 2 aromatic heterocycles. The maximum atomic E-state index is 8.64. The molecule has 0 N–H and O–H groups in total. The Labute approximate surface area is 81.4 Å². The summed E-state index contributed by atoms with van der Waals surface area (Å²) in [5.41, 5.74) is 1.56. The number of nitriles is 1. The maximum absolute atomic E-state index is 8.64. The molecule has 0 atom stereocenters. The molecule has 0 spiro atoms. The second kappa shape index (κ2) is 3.30. The lowest BCUT2D eigenvalue weighted by Gasteiger charge is -2.02. The molecule has 0 saturated heterocycles. The van der Waals surface area contributed by atoms with Gasteiger partial charge in [-0.2, -0.15) is 10.4 Å². The van der Waals surface area contributed by atoms with Crippen molar-refractivity contribution >= 4 is 0 Å². The van der Waals surface area contributed by atoms with E-state index in [0.29, 0.717) is 5.56 Å². The van der Waals surface area contributed by atoms with E-state index in [9.17, 15) is 0 Å². The van der Waals surface area contributed by atoms with Crippen LogP contribution in [0, 0.1) is 18.3 Å². The van der Waals surface area contributed by atoms with E-state index in [-0.39, 0.29) is 0 Å². The van der Waals surface area contributed by atoms with Crippen molar-refractivity contribution in [2.24, 2.45) is 0 Å². The molecule has 0 aromatic carbocycles. The second-order valence-electron chi connectivity index (χ2n) is 2.93. The van der Waals surface area contributed by atoms with E-state index in [1.54, 1.807) is 17.1 Å². The van der Waals surface area contributed by atoms with Gasteiger partial charge in [-0.25, -0.2) is 9.67 Å². The van der Waals surface area contributed by atoms with Crippen LogP contribution in [0.4, 0.5) is 0 Å². The van der Waals surface area contributed by atoms with Gasteiger partial charge in [-0.3, -0.25) is 0 Å². The molecule has 0 aliphatic rings. The normalized spacial score (nSPS) is 9.71. The molecule has 2 heterocycles. The van der Waals surface area contributed by atoms with E-state index in [0.717, 1.165) is 11.4 Å². The molecule has 0 unspecified atom stereocenters. The van der Waals surface area contributed by atoms with Crippen LogP contribution in [0.3, 0.4) is 0 Å². The molecule has 0 aliphatic carbocycles. The van der Waals surface area contributed by atoms with Crippen molar-refractivity contribution < 1.29 is 0 Å². The number of aryl methyl sites for hydroxylation is 1. The molecule has 0 saturated carbocycles. The summed E-state index contributed by atoms with van der Waals surface area (Å²) in [5, 5.41) is 12.7. The largest absolute Gasteiger partial charge is 0.237 e. The zero-order chi connectivity index (χ0) is 9.97. The Morgan fingerprint density at radius 3 is 3.00 bits per heavy atom. The van der Waals surface area contributed by atoms with E-state index >= 15 is 0 Å². The van der Waals surface area contributed by atoms with Crippen LogP contribution in [0.5, 0.6) is 0 Å². The smallest absolute Gasteiger partial charge is 0.156 e. The first-order chi connectivity index (χ1) is 6.81. The summed E-state index contributed by atoms with van der Waals surface area (Å²) in [6, 6.07) is 5.85. The van der Waals surface area contributed by atoms with Crippen molar-refractivity contribution in [1.82, 2.24) is 14.8 Å². The summed E-state index contributed by atoms with van der Waals surface area (Å²) in [6.45, 7) is 1.95. The molecule has 2 aromatic rings. The lowest BCUT2D eigenvalue weighted by Crippen LogP contribution is -1.99. The van der Waals surface area contributed by atoms with Gasteiger partial charge in [0, 0.05) is 6.20 Å². The van der Waals surface area contributed by atoms with Crippen molar-refractivity contribution in [2.45, 2.75) is 6.92 Å². The number of hydrogen-bond acceptors (Lipinski definition) is 3. The first-order valence-electron chi connectivity index (χ1n) is 4.18. The van der Waals surface area contributed by atoms with Crippen LogP contribution >= 0.6 is 0 Å². The first-order valence-corrected chi connectivity index (χ1v) is 4.18. The topological polar surface area (TPSA) is 54.5 Å². The zero-order valence-corrected chi connectivity index (χ0v) is 7.68. The van der Waals surface area contributed by atoms with Crippen LogP contribution in [0.1, 0.15) is 11.1 Å². The second-order valence-corrected chi connectivity index (χ2v) is 2.93. The molecule has 0 fully saturated rings. The van der Waals surface area contributed by atoms with Gasteiger partial charge in [0.05, 0.1) is 18.0 Å². The predicted molar refractivity (Wildman–Crippen MR) is 50.8 cm³/mol. The number of hydrogen-bond donors (Lipinski definition) is 0. The Kier molecular flexibility index (Phi) is 1.99. The van der Waals surface area contributed by atoms with Crippen molar-refractivity contribution in [2.75, 3.05) is 0 Å². The number of nitrogens with zero attached hydrogens (tertiary/aromatic N) is 4. The van der Waals surface area contributed by atoms with Gasteiger partial charge in [0.25, 0.3) is 0 Å². The van der Waals surface area contributed by atoms with Crippen molar-refractivity contribution in [3.8, 4) is 11.9 Å². The Morgan fingerprint density at radius 1 is 1.50 bits per heavy atom. The van der Waals surface area contributed by atoms with E-state index in [1.165, 1.54) is 6.20 Å². The summed E-state index contributed by atoms with van der Waals surface area (Å²) in [5.74, 6) is 0.758. The third-order valence-corrected chi connectivity index (χ3v) is 1.91. The molecule has 0 aliphatic heterocycles. The van der Waals surface area contributed by atoms with E-state index < -0.39 is 0 Å². The van der Waals surface area contributed by atoms with Gasteiger partial charge in [0.1, 0.15) is 6.07 Å². The highest BCUT2D eigenvalue weighted by Crippen LogP contribution is 2.09. The zero-order valence-electron chi connectivity index (χ0n) is 7.68. The standard InChI is InChI=1S/C10H8N4/c1-8-3-2-4-12-10(8)14-7-9(5-11)6-13-14/h2-4,6-7H,1H3. The van der Waals surface area contributed by atoms with Gasteiger partial charge in [-0.1, -0.05) is 6.07 Å². The van der Waals surface area contributed by atoms with Gasteiger partial charge < -0.3 is 0 Å². The highest BCUT2D eigenvalue weighted by molar-refractivity contribution is 5.33. The third kappa shape index (κ3) is 1.36. The van der Waals surface area contributed by atoms with Crippen molar-refractivity contribution in [1.29, 1.82) is 5.26 Å². The number of rotatable bonds is 1. The van der Waals surface area contributed by atoms with Crippen molar-refractivity contribution in [3.05, 3.63) is 41.9 Å². The summed E-state index contributed by atoms with van der Waals surface area (Å²) in [7, 11) is 0. The monoisotopic (exact) mass is 184 g/mol. The van der Waals surface area contributed by atoms with Gasteiger partial charge in [-0.15, -0.1) is 0 Å². The minimum absolute atomic E-state index is 0.537. The summed E-state index contributed by atoms with van der Waals surface area (Å²) < 4.78 is 1.61. The Balaban J connectivity index is 2.51. The van der Waals surface area contributed by atoms with E-state index in [2.05, 4.69) is 10.1 Å². The van der Waals surface area contributed by atoms with Crippen LogP contribution in [-0.4, -0.2) is 14.8 Å². The van der Waals surface area contributed by atoms with Gasteiger partial charge in [0.2, 0.25) is 0 Å². The fraction of sp³-hybridized carbons (Fsp3) is 0.100. The minimum Gasteiger partial charge on any atom is -0.237 e. The molecule has 0 radical (unpaired) electrons. The van der Waals surface area contributed by atoms with Crippen LogP contribution in [0.25, 0.3) is 5.82 Å². The lowest BCUT2D eigenvalue weighted by atomic mass is 10.3.